The minimum atomic E-state index is -4.81. The first-order chi connectivity index (χ1) is 17.7. The number of nitriles is 1. The number of hydrogen-bond acceptors (Lipinski definition) is 7. The fourth-order valence-electron chi connectivity index (χ4n) is 4.92. The lowest BCUT2D eigenvalue weighted by molar-refractivity contribution is -0.138. The highest BCUT2D eigenvalue weighted by Gasteiger charge is 2.59. The van der Waals surface area contributed by atoms with Crippen LogP contribution in [0, 0.1) is 11.3 Å². The fraction of sp³-hybridized carbons (Fsp3) is 0.440. The number of nitrogens with zero attached hydrogens (tertiary/aromatic N) is 4. The molecule has 37 heavy (non-hydrogen) atoms. The van der Waals surface area contributed by atoms with E-state index < -0.39 is 28.9 Å². The molecule has 1 N–H and O–H groups in total. The predicted octanol–water partition coefficient (Wildman–Crippen LogP) is 3.79. The van der Waals surface area contributed by atoms with E-state index in [1.807, 2.05) is 6.92 Å². The molecule has 3 heterocycles. The molecular weight excluding hydrogens is 507 g/mol. The maximum atomic E-state index is 13.6. The van der Waals surface area contributed by atoms with E-state index in [1.54, 1.807) is 29.2 Å². The van der Waals surface area contributed by atoms with Crippen molar-refractivity contribution in [3.63, 3.8) is 0 Å². The van der Waals surface area contributed by atoms with Gasteiger partial charge in [-0.25, -0.2) is 4.98 Å². The Bertz CT molecular complexity index is 1260. The smallest absolute Gasteiger partial charge is 0.419 e. The van der Waals surface area contributed by atoms with E-state index in [4.69, 9.17) is 27.0 Å². The summed E-state index contributed by atoms with van der Waals surface area (Å²) in [7, 11) is 0. The van der Waals surface area contributed by atoms with Crippen LogP contribution in [0.1, 0.15) is 37.4 Å². The highest BCUT2D eigenvalue weighted by molar-refractivity contribution is 7.81. The molecule has 2 aromatic rings. The number of halogens is 3. The van der Waals surface area contributed by atoms with E-state index in [9.17, 15) is 18.0 Å². The molecule has 2 unspecified atom stereocenters. The van der Waals surface area contributed by atoms with E-state index in [2.05, 4.69) is 10.3 Å². The van der Waals surface area contributed by atoms with Gasteiger partial charge in [0.2, 0.25) is 0 Å². The average Bonchev–Trinajstić information content (AvgIpc) is 3.09. The maximum Gasteiger partial charge on any atom is 0.419 e. The highest BCUT2D eigenvalue weighted by Crippen LogP contribution is 2.48. The Morgan fingerprint density at radius 1 is 1.30 bits per heavy atom. The van der Waals surface area contributed by atoms with Crippen molar-refractivity contribution < 1.29 is 27.4 Å². The molecule has 0 bridgehead atoms. The van der Waals surface area contributed by atoms with Crippen LogP contribution in [-0.2, 0) is 15.7 Å². The summed E-state index contributed by atoms with van der Waals surface area (Å²) in [4.78, 5) is 20.0. The van der Waals surface area contributed by atoms with E-state index in [1.165, 1.54) is 6.07 Å². The Hall–Kier alpha value is -3.27. The van der Waals surface area contributed by atoms with Gasteiger partial charge in [0.25, 0.3) is 5.91 Å². The normalized spacial score (nSPS) is 23.2. The van der Waals surface area contributed by atoms with Crippen LogP contribution < -0.4 is 19.9 Å². The molecule has 8 nitrogen and oxygen atoms in total. The Morgan fingerprint density at radius 2 is 2.03 bits per heavy atom. The molecule has 2 saturated heterocycles. The van der Waals surface area contributed by atoms with E-state index in [-0.39, 0.29) is 22.9 Å². The summed E-state index contributed by atoms with van der Waals surface area (Å²) in [6.45, 7) is 3.83. The SMILES string of the molecule is CC1NCCOC1COc1ccc(N2C(=S)N(c3cnc(C#N)c(C(F)(F)F)c3)C(=O)C23CCC3)cc1. The van der Waals surface area contributed by atoms with Crippen LogP contribution in [0.15, 0.2) is 36.5 Å². The van der Waals surface area contributed by atoms with Crippen LogP contribution in [0.25, 0.3) is 0 Å². The third-order valence-electron chi connectivity index (χ3n) is 7.10. The van der Waals surface area contributed by atoms with Gasteiger partial charge in [-0.15, -0.1) is 0 Å². The van der Waals surface area contributed by atoms with Gasteiger partial charge >= 0.3 is 6.18 Å². The molecule has 3 aliphatic rings. The second-order valence-electron chi connectivity index (χ2n) is 9.30. The Labute approximate surface area is 217 Å². The van der Waals surface area contributed by atoms with E-state index >= 15 is 0 Å². The van der Waals surface area contributed by atoms with Gasteiger partial charge in [-0.2, -0.15) is 18.4 Å². The topological polar surface area (TPSA) is 90.7 Å². The van der Waals surface area contributed by atoms with Crippen molar-refractivity contribution in [2.24, 2.45) is 0 Å². The molecule has 1 spiro atoms. The molecule has 1 saturated carbocycles. The number of thiocarbonyl (C=S) groups is 1. The van der Waals surface area contributed by atoms with Gasteiger partial charge in [0.1, 0.15) is 30.1 Å². The van der Waals surface area contributed by atoms with Gasteiger partial charge in [-0.3, -0.25) is 9.69 Å². The third-order valence-corrected chi connectivity index (χ3v) is 7.47. The van der Waals surface area contributed by atoms with Crippen LogP contribution in [-0.4, -0.2) is 53.4 Å². The van der Waals surface area contributed by atoms with Crippen molar-refractivity contribution in [1.82, 2.24) is 10.3 Å². The molecular formula is C25H24F3N5O3S. The van der Waals surface area contributed by atoms with Crippen LogP contribution >= 0.6 is 12.2 Å². The van der Waals surface area contributed by atoms with Crippen LogP contribution in [0.5, 0.6) is 5.75 Å². The van der Waals surface area contributed by atoms with Gasteiger partial charge in [-0.05, 0) is 68.7 Å². The zero-order chi connectivity index (χ0) is 26.4. The lowest BCUT2D eigenvalue weighted by Gasteiger charge is -2.43. The summed E-state index contributed by atoms with van der Waals surface area (Å²) >= 11 is 5.63. The third kappa shape index (κ3) is 4.41. The van der Waals surface area contributed by atoms with E-state index in [0.717, 1.165) is 30.1 Å². The van der Waals surface area contributed by atoms with Crippen molar-refractivity contribution in [2.75, 3.05) is 29.6 Å². The maximum absolute atomic E-state index is 13.6. The summed E-state index contributed by atoms with van der Waals surface area (Å²) < 4.78 is 52.3. The summed E-state index contributed by atoms with van der Waals surface area (Å²) in [5.74, 6) is 0.215. The number of alkyl halides is 3. The lowest BCUT2D eigenvalue weighted by atomic mass is 9.75. The number of anilines is 2. The Morgan fingerprint density at radius 3 is 2.62 bits per heavy atom. The zero-order valence-corrected chi connectivity index (χ0v) is 20.7. The van der Waals surface area contributed by atoms with Crippen molar-refractivity contribution >= 4 is 34.6 Å². The van der Waals surface area contributed by atoms with Crippen molar-refractivity contribution in [2.45, 2.75) is 50.0 Å². The van der Waals surface area contributed by atoms with Gasteiger partial charge in [0, 0.05) is 18.3 Å². The lowest BCUT2D eigenvalue weighted by Crippen LogP contribution is -2.55. The largest absolute Gasteiger partial charge is 0.491 e. The zero-order valence-electron chi connectivity index (χ0n) is 19.9. The van der Waals surface area contributed by atoms with Crippen molar-refractivity contribution in [3.05, 3.63) is 47.8 Å². The van der Waals surface area contributed by atoms with Crippen LogP contribution in [0.4, 0.5) is 24.5 Å². The van der Waals surface area contributed by atoms with Crippen LogP contribution in [0.2, 0.25) is 0 Å². The van der Waals surface area contributed by atoms with E-state index in [0.29, 0.717) is 37.5 Å². The monoisotopic (exact) mass is 531 g/mol. The van der Waals surface area contributed by atoms with Gasteiger partial charge < -0.3 is 19.7 Å². The summed E-state index contributed by atoms with van der Waals surface area (Å²) in [5.41, 5.74) is -2.43. The van der Waals surface area contributed by atoms with Crippen molar-refractivity contribution in [1.29, 1.82) is 5.26 Å². The first kappa shape index (κ1) is 25.4. The molecule has 2 aliphatic heterocycles. The number of ether oxygens (including phenoxy) is 2. The number of aromatic nitrogens is 1. The molecule has 3 fully saturated rings. The molecule has 1 amide bonds. The number of hydrogen-bond donors (Lipinski definition) is 1. The minimum Gasteiger partial charge on any atom is -0.491 e. The second-order valence-corrected chi connectivity index (χ2v) is 9.67. The number of morpholine rings is 1. The first-order valence-corrected chi connectivity index (χ1v) is 12.3. The molecule has 2 atom stereocenters. The van der Waals surface area contributed by atoms with Gasteiger partial charge in [0.05, 0.1) is 24.1 Å². The minimum absolute atomic E-state index is 0.0634. The molecule has 194 valence electrons. The highest BCUT2D eigenvalue weighted by atomic mass is 32.1. The van der Waals surface area contributed by atoms with Gasteiger partial charge in [-0.1, -0.05) is 0 Å². The Kier molecular flexibility index (Phi) is 6.55. The first-order valence-electron chi connectivity index (χ1n) is 11.9. The summed E-state index contributed by atoms with van der Waals surface area (Å²) in [5, 5.41) is 12.5. The quantitative estimate of drug-likeness (QED) is 0.583. The number of rotatable bonds is 5. The van der Waals surface area contributed by atoms with Gasteiger partial charge in [0.15, 0.2) is 10.8 Å². The fourth-order valence-corrected chi connectivity index (χ4v) is 5.39. The molecule has 12 heteroatoms. The van der Waals surface area contributed by atoms with Crippen molar-refractivity contribution in [3.8, 4) is 11.8 Å². The number of carbonyl (C=O) groups is 1. The molecule has 0 radical (unpaired) electrons. The molecule has 1 aromatic carbocycles. The second kappa shape index (κ2) is 9.55. The number of amides is 1. The predicted molar refractivity (Wildman–Crippen MR) is 132 cm³/mol. The molecule has 1 aliphatic carbocycles. The average molecular weight is 532 g/mol. The Balaban J connectivity index is 1.40. The number of nitrogens with one attached hydrogen (secondary N) is 1. The number of benzene rings is 1. The molecule has 5 rings (SSSR count). The van der Waals surface area contributed by atoms with Crippen LogP contribution in [0.3, 0.4) is 0 Å². The standard InChI is InChI=1S/C25H24F3N5O3S/c1-15-21(35-10-9-30-15)14-36-18-5-3-16(4-6-18)33-23(37)32(22(34)24(33)7-2-8-24)17-11-19(25(26,27)28)20(12-29)31-13-17/h3-6,11,13,15,21,30H,2,7-10,14H2,1H3. The number of pyridine rings is 1. The summed E-state index contributed by atoms with van der Waals surface area (Å²) in [6, 6.07) is 9.47. The molecule has 1 aromatic heterocycles. The summed E-state index contributed by atoms with van der Waals surface area (Å²) in [6.07, 6.45) is -1.99. The number of carbonyl (C=O) groups excluding carboxylic acids is 1.